The molecule has 0 unspecified atom stereocenters. The number of amides is 1. The Kier molecular flexibility index (Phi) is 4.90. The maximum absolute atomic E-state index is 13.5. The highest BCUT2D eigenvalue weighted by atomic mass is 19.1. The van der Waals surface area contributed by atoms with Crippen LogP contribution in [0.2, 0.25) is 0 Å². The minimum Gasteiger partial charge on any atom is -0.350 e. The van der Waals surface area contributed by atoms with Crippen LogP contribution < -0.4 is 5.32 Å². The molecule has 0 fully saturated rings. The largest absolute Gasteiger partial charge is 0.350 e. The zero-order valence-corrected chi connectivity index (χ0v) is 14.1. The van der Waals surface area contributed by atoms with E-state index in [4.69, 9.17) is 0 Å². The second kappa shape index (κ2) is 7.09. The maximum Gasteiger partial charge on any atom is 0.242 e. The van der Waals surface area contributed by atoms with Gasteiger partial charge < -0.3 is 5.32 Å². The number of aromatic nitrogens is 1. The standard InChI is InChI=1S/C19H22FN3O/c1-23(2)18(15-6-3-7-16(20)10-15)19(24)22-12-13-9-14-5-4-8-17(14)21-11-13/h3,6-7,9-11,18H,4-5,8,12H2,1-2H3,(H,22,24)/t18-/m0/s1. The molecule has 0 saturated heterocycles. The van der Waals surface area contributed by atoms with Gasteiger partial charge in [0.15, 0.2) is 0 Å². The molecule has 3 rings (SSSR count). The molecule has 1 heterocycles. The molecule has 4 nitrogen and oxygen atoms in total. The molecule has 1 aliphatic rings. The van der Waals surface area contributed by atoms with Crippen molar-refractivity contribution in [3.8, 4) is 0 Å². The van der Waals surface area contributed by atoms with E-state index in [1.165, 1.54) is 23.4 Å². The molecule has 1 aromatic heterocycles. The van der Waals surface area contributed by atoms with Crippen molar-refractivity contribution in [2.75, 3.05) is 14.1 Å². The zero-order valence-electron chi connectivity index (χ0n) is 14.1. The van der Waals surface area contributed by atoms with Gasteiger partial charge >= 0.3 is 0 Å². The number of halogens is 1. The van der Waals surface area contributed by atoms with Gasteiger partial charge in [0, 0.05) is 18.4 Å². The summed E-state index contributed by atoms with van der Waals surface area (Å²) in [5.74, 6) is -0.485. The molecule has 1 aromatic carbocycles. The Morgan fingerprint density at radius 1 is 1.33 bits per heavy atom. The van der Waals surface area contributed by atoms with Gasteiger partial charge in [-0.05, 0) is 62.2 Å². The third-order valence-electron chi connectivity index (χ3n) is 4.37. The Hall–Kier alpha value is -2.27. The van der Waals surface area contributed by atoms with Crippen molar-refractivity contribution in [2.45, 2.75) is 31.8 Å². The van der Waals surface area contributed by atoms with Crippen molar-refractivity contribution in [1.82, 2.24) is 15.2 Å². The van der Waals surface area contributed by atoms with Crippen LogP contribution in [0.5, 0.6) is 0 Å². The predicted molar refractivity (Wildman–Crippen MR) is 90.9 cm³/mol. The molecule has 1 atom stereocenters. The number of rotatable bonds is 5. The number of carbonyl (C=O) groups excluding carboxylic acids is 1. The van der Waals surface area contributed by atoms with Crippen LogP contribution >= 0.6 is 0 Å². The topological polar surface area (TPSA) is 45.2 Å². The van der Waals surface area contributed by atoms with Crippen molar-refractivity contribution in [2.24, 2.45) is 0 Å². The van der Waals surface area contributed by atoms with Gasteiger partial charge in [-0.1, -0.05) is 18.2 Å². The van der Waals surface area contributed by atoms with Crippen LogP contribution in [-0.4, -0.2) is 29.9 Å². The smallest absolute Gasteiger partial charge is 0.242 e. The fraction of sp³-hybridized carbons (Fsp3) is 0.368. The van der Waals surface area contributed by atoms with Gasteiger partial charge in [0.05, 0.1) is 0 Å². The molecular formula is C19H22FN3O. The summed E-state index contributed by atoms with van der Waals surface area (Å²) in [5, 5.41) is 2.95. The number of fused-ring (bicyclic) bond motifs is 1. The van der Waals surface area contributed by atoms with Gasteiger partial charge in [-0.25, -0.2) is 4.39 Å². The summed E-state index contributed by atoms with van der Waals surface area (Å²) in [6.07, 6.45) is 5.09. The number of hydrogen-bond acceptors (Lipinski definition) is 3. The summed E-state index contributed by atoms with van der Waals surface area (Å²) in [6, 6.07) is 7.78. The lowest BCUT2D eigenvalue weighted by molar-refractivity contribution is -0.125. The van der Waals surface area contributed by atoms with Gasteiger partial charge in [0.1, 0.15) is 11.9 Å². The number of nitrogens with one attached hydrogen (secondary N) is 1. The second-order valence-electron chi connectivity index (χ2n) is 6.44. The van der Waals surface area contributed by atoms with Crippen LogP contribution in [0.1, 0.15) is 34.8 Å². The number of nitrogens with zero attached hydrogens (tertiary/aromatic N) is 2. The van der Waals surface area contributed by atoms with Gasteiger partial charge in [-0.3, -0.25) is 14.7 Å². The van der Waals surface area contributed by atoms with Crippen molar-refractivity contribution in [1.29, 1.82) is 0 Å². The molecular weight excluding hydrogens is 305 g/mol. The van der Waals surface area contributed by atoms with Crippen molar-refractivity contribution >= 4 is 5.91 Å². The average Bonchev–Trinajstić information content (AvgIpc) is 3.00. The Morgan fingerprint density at radius 3 is 2.92 bits per heavy atom. The van der Waals surface area contributed by atoms with E-state index in [2.05, 4.69) is 16.4 Å². The first-order valence-corrected chi connectivity index (χ1v) is 8.21. The third kappa shape index (κ3) is 3.62. The van der Waals surface area contributed by atoms with Gasteiger partial charge in [-0.2, -0.15) is 0 Å². The Bertz CT molecular complexity index is 745. The summed E-state index contributed by atoms with van der Waals surface area (Å²) in [5.41, 5.74) is 4.11. The van der Waals surface area contributed by atoms with Crippen LogP contribution in [0.4, 0.5) is 4.39 Å². The SMILES string of the molecule is CN(C)[C@H](C(=O)NCc1cnc2c(c1)CCC2)c1cccc(F)c1. The minimum absolute atomic E-state index is 0.147. The first-order valence-electron chi connectivity index (χ1n) is 8.21. The lowest BCUT2D eigenvalue weighted by atomic mass is 10.0. The first-order chi connectivity index (χ1) is 11.5. The van der Waals surface area contributed by atoms with Crippen LogP contribution in [0.25, 0.3) is 0 Å². The monoisotopic (exact) mass is 327 g/mol. The molecule has 0 bridgehead atoms. The van der Waals surface area contributed by atoms with Crippen LogP contribution in [0.15, 0.2) is 36.5 Å². The molecule has 1 N–H and O–H groups in total. The predicted octanol–water partition coefficient (Wildman–Crippen LogP) is 2.63. The molecule has 126 valence electrons. The molecule has 1 aliphatic carbocycles. The van der Waals surface area contributed by atoms with Gasteiger partial charge in [0.25, 0.3) is 0 Å². The van der Waals surface area contributed by atoms with E-state index in [-0.39, 0.29) is 11.7 Å². The normalized spacial score (nSPS) is 14.5. The quantitative estimate of drug-likeness (QED) is 0.918. The van der Waals surface area contributed by atoms with Crippen molar-refractivity contribution < 1.29 is 9.18 Å². The van der Waals surface area contributed by atoms with Crippen LogP contribution in [-0.2, 0) is 24.2 Å². The number of aryl methyl sites for hydroxylation is 2. The highest BCUT2D eigenvalue weighted by molar-refractivity contribution is 5.83. The number of likely N-dealkylation sites (N-methyl/N-ethyl adjacent to an activating group) is 1. The number of carbonyl (C=O) groups is 1. The molecule has 0 radical (unpaired) electrons. The van der Waals surface area contributed by atoms with E-state index < -0.39 is 6.04 Å². The molecule has 1 amide bonds. The number of benzene rings is 1. The number of pyridine rings is 1. The average molecular weight is 327 g/mol. The summed E-state index contributed by atoms with van der Waals surface area (Å²) < 4.78 is 13.5. The Labute approximate surface area is 141 Å². The Morgan fingerprint density at radius 2 is 2.17 bits per heavy atom. The summed E-state index contributed by atoms with van der Waals surface area (Å²) in [6.45, 7) is 0.429. The fourth-order valence-electron chi connectivity index (χ4n) is 3.22. The van der Waals surface area contributed by atoms with Crippen molar-refractivity contribution in [3.63, 3.8) is 0 Å². The lowest BCUT2D eigenvalue weighted by Gasteiger charge is -2.24. The lowest BCUT2D eigenvalue weighted by Crippen LogP contribution is -2.36. The maximum atomic E-state index is 13.5. The molecule has 2 aromatic rings. The van der Waals surface area contributed by atoms with Crippen LogP contribution in [0.3, 0.4) is 0 Å². The van der Waals surface area contributed by atoms with E-state index in [0.29, 0.717) is 12.1 Å². The highest BCUT2D eigenvalue weighted by Gasteiger charge is 2.23. The molecule has 0 saturated carbocycles. The van der Waals surface area contributed by atoms with Crippen LogP contribution in [0, 0.1) is 5.82 Å². The highest BCUT2D eigenvalue weighted by Crippen LogP contribution is 2.21. The van der Waals surface area contributed by atoms with E-state index >= 15 is 0 Å². The van der Waals surface area contributed by atoms with E-state index in [1.807, 2.05) is 20.3 Å². The molecule has 24 heavy (non-hydrogen) atoms. The zero-order chi connectivity index (χ0) is 17.1. The first kappa shape index (κ1) is 16.6. The summed E-state index contributed by atoms with van der Waals surface area (Å²) in [7, 11) is 3.62. The molecule has 0 spiro atoms. The summed E-state index contributed by atoms with van der Waals surface area (Å²) in [4.78, 5) is 18.9. The van der Waals surface area contributed by atoms with E-state index in [1.54, 1.807) is 17.0 Å². The third-order valence-corrected chi connectivity index (χ3v) is 4.37. The minimum atomic E-state index is -0.525. The summed E-state index contributed by atoms with van der Waals surface area (Å²) >= 11 is 0. The molecule has 0 aliphatic heterocycles. The van der Waals surface area contributed by atoms with Crippen molar-refractivity contribution in [3.05, 3.63) is 64.7 Å². The molecule has 5 heteroatoms. The van der Waals surface area contributed by atoms with Gasteiger partial charge in [-0.15, -0.1) is 0 Å². The fourth-order valence-corrected chi connectivity index (χ4v) is 3.22. The van der Waals surface area contributed by atoms with Gasteiger partial charge in [0.2, 0.25) is 5.91 Å². The number of hydrogen-bond donors (Lipinski definition) is 1. The second-order valence-corrected chi connectivity index (χ2v) is 6.44. The Balaban J connectivity index is 1.70. The van der Waals surface area contributed by atoms with E-state index in [9.17, 15) is 9.18 Å². The van der Waals surface area contributed by atoms with E-state index in [0.717, 1.165) is 24.8 Å².